The summed E-state index contributed by atoms with van der Waals surface area (Å²) in [7, 11) is 2.93. The molecule has 1 unspecified atom stereocenters. The Morgan fingerprint density at radius 1 is 1.47 bits per heavy atom. The molecule has 6 heteroatoms. The van der Waals surface area contributed by atoms with Crippen molar-refractivity contribution in [2.24, 2.45) is 5.73 Å². The standard InChI is InChI=1S/C11H14ClNO4/c1-16-8-4-3-6(7(13)5-9(14)15)11(17-2)10(8)12/h3-4,7H,5,13H2,1-2H3,(H,14,15). The smallest absolute Gasteiger partial charge is 0.305 e. The zero-order valence-electron chi connectivity index (χ0n) is 9.57. The Labute approximate surface area is 104 Å². The lowest BCUT2D eigenvalue weighted by atomic mass is 10.0. The second-order valence-corrected chi connectivity index (χ2v) is 3.79. The van der Waals surface area contributed by atoms with Gasteiger partial charge in [-0.05, 0) is 12.1 Å². The summed E-state index contributed by atoms with van der Waals surface area (Å²) in [6, 6.07) is 2.60. The van der Waals surface area contributed by atoms with Crippen LogP contribution in [0.25, 0.3) is 0 Å². The molecule has 3 N–H and O–H groups in total. The predicted molar refractivity (Wildman–Crippen MR) is 63.7 cm³/mol. The van der Waals surface area contributed by atoms with Crippen LogP contribution in [0.2, 0.25) is 5.02 Å². The zero-order chi connectivity index (χ0) is 13.0. The monoisotopic (exact) mass is 259 g/mol. The Morgan fingerprint density at radius 3 is 2.59 bits per heavy atom. The third kappa shape index (κ3) is 3.01. The lowest BCUT2D eigenvalue weighted by Crippen LogP contribution is -2.16. The maximum absolute atomic E-state index is 10.6. The molecule has 0 fully saturated rings. The molecule has 0 heterocycles. The Hall–Kier alpha value is -1.46. The van der Waals surface area contributed by atoms with Gasteiger partial charge in [0, 0.05) is 11.6 Å². The van der Waals surface area contributed by atoms with Crippen LogP contribution in [0.4, 0.5) is 0 Å². The van der Waals surface area contributed by atoms with Crippen molar-refractivity contribution in [1.82, 2.24) is 0 Å². The molecule has 0 aliphatic rings. The van der Waals surface area contributed by atoms with Crippen LogP contribution in [-0.2, 0) is 4.79 Å². The maximum atomic E-state index is 10.6. The number of rotatable bonds is 5. The summed E-state index contributed by atoms with van der Waals surface area (Å²) in [5.41, 5.74) is 6.31. The molecule has 1 aromatic carbocycles. The maximum Gasteiger partial charge on any atom is 0.305 e. The van der Waals surface area contributed by atoms with Gasteiger partial charge >= 0.3 is 5.97 Å². The Balaban J connectivity index is 3.16. The van der Waals surface area contributed by atoms with E-state index in [0.717, 1.165) is 0 Å². The first-order valence-electron chi connectivity index (χ1n) is 4.89. The number of carboxylic acid groups (broad SMARTS) is 1. The number of carbonyl (C=O) groups is 1. The van der Waals surface area contributed by atoms with Crippen LogP contribution in [0.5, 0.6) is 11.5 Å². The second kappa shape index (κ2) is 5.75. The minimum absolute atomic E-state index is 0.195. The molecule has 94 valence electrons. The van der Waals surface area contributed by atoms with E-state index >= 15 is 0 Å². The van der Waals surface area contributed by atoms with Gasteiger partial charge in [-0.2, -0.15) is 0 Å². The van der Waals surface area contributed by atoms with E-state index in [-0.39, 0.29) is 11.4 Å². The first kappa shape index (κ1) is 13.6. The predicted octanol–water partition coefficient (Wildman–Crippen LogP) is 1.83. The number of benzene rings is 1. The van der Waals surface area contributed by atoms with E-state index in [4.69, 9.17) is 31.9 Å². The number of halogens is 1. The molecule has 0 spiro atoms. The lowest BCUT2D eigenvalue weighted by Gasteiger charge is -2.16. The first-order valence-corrected chi connectivity index (χ1v) is 5.26. The molecule has 1 rings (SSSR count). The fourth-order valence-corrected chi connectivity index (χ4v) is 1.83. The molecular formula is C11H14ClNO4. The molecule has 0 aromatic heterocycles. The molecule has 0 bridgehead atoms. The topological polar surface area (TPSA) is 81.8 Å². The number of nitrogens with two attached hydrogens (primary N) is 1. The van der Waals surface area contributed by atoms with Gasteiger partial charge in [-0.1, -0.05) is 11.6 Å². The van der Waals surface area contributed by atoms with E-state index in [1.54, 1.807) is 12.1 Å². The highest BCUT2D eigenvalue weighted by Crippen LogP contribution is 2.39. The quantitative estimate of drug-likeness (QED) is 0.843. The summed E-state index contributed by atoms with van der Waals surface area (Å²) in [5.74, 6) is -0.180. The number of carboxylic acids is 1. The number of methoxy groups -OCH3 is 2. The third-order valence-corrected chi connectivity index (χ3v) is 2.67. The first-order chi connectivity index (χ1) is 8.01. The van der Waals surface area contributed by atoms with E-state index in [0.29, 0.717) is 17.1 Å². The van der Waals surface area contributed by atoms with E-state index in [2.05, 4.69) is 0 Å². The number of aliphatic carboxylic acids is 1. The Kier molecular flexibility index (Phi) is 4.60. The summed E-state index contributed by atoms with van der Waals surface area (Å²) in [6.45, 7) is 0. The largest absolute Gasteiger partial charge is 0.495 e. The van der Waals surface area contributed by atoms with E-state index in [1.807, 2.05) is 0 Å². The average Bonchev–Trinajstić information content (AvgIpc) is 2.27. The van der Waals surface area contributed by atoms with Gasteiger partial charge in [0.1, 0.15) is 16.5 Å². The van der Waals surface area contributed by atoms with Gasteiger partial charge in [-0.3, -0.25) is 4.79 Å². The van der Waals surface area contributed by atoms with Gasteiger partial charge < -0.3 is 20.3 Å². The molecular weight excluding hydrogens is 246 g/mol. The molecule has 17 heavy (non-hydrogen) atoms. The van der Waals surface area contributed by atoms with Crippen LogP contribution in [0.1, 0.15) is 18.0 Å². The highest BCUT2D eigenvalue weighted by Gasteiger charge is 2.19. The number of ether oxygens (including phenoxy) is 2. The molecule has 0 saturated heterocycles. The van der Waals surface area contributed by atoms with E-state index in [9.17, 15) is 4.79 Å². The lowest BCUT2D eigenvalue weighted by molar-refractivity contribution is -0.137. The SMILES string of the molecule is COc1ccc(C(N)CC(=O)O)c(OC)c1Cl. The highest BCUT2D eigenvalue weighted by atomic mass is 35.5. The minimum atomic E-state index is -0.980. The Morgan fingerprint density at radius 2 is 2.12 bits per heavy atom. The van der Waals surface area contributed by atoms with Crippen molar-refractivity contribution in [2.45, 2.75) is 12.5 Å². The second-order valence-electron chi connectivity index (χ2n) is 3.41. The highest BCUT2D eigenvalue weighted by molar-refractivity contribution is 6.33. The van der Waals surface area contributed by atoms with Crippen molar-refractivity contribution in [3.8, 4) is 11.5 Å². The number of hydrogen-bond donors (Lipinski definition) is 2. The van der Waals surface area contributed by atoms with Crippen LogP contribution in [-0.4, -0.2) is 25.3 Å². The van der Waals surface area contributed by atoms with Crippen molar-refractivity contribution in [3.63, 3.8) is 0 Å². The van der Waals surface area contributed by atoms with Gasteiger partial charge in [-0.25, -0.2) is 0 Å². The van der Waals surface area contributed by atoms with Crippen molar-refractivity contribution in [3.05, 3.63) is 22.7 Å². The molecule has 5 nitrogen and oxygen atoms in total. The fourth-order valence-electron chi connectivity index (χ4n) is 1.51. The molecule has 0 aliphatic carbocycles. The fraction of sp³-hybridized carbons (Fsp3) is 0.364. The minimum Gasteiger partial charge on any atom is -0.495 e. The molecule has 1 aromatic rings. The summed E-state index contributed by atoms with van der Waals surface area (Å²) >= 11 is 6.04. The van der Waals surface area contributed by atoms with Crippen molar-refractivity contribution >= 4 is 17.6 Å². The van der Waals surface area contributed by atoms with Crippen molar-refractivity contribution in [1.29, 1.82) is 0 Å². The van der Waals surface area contributed by atoms with Crippen LogP contribution in [0.3, 0.4) is 0 Å². The number of hydrogen-bond acceptors (Lipinski definition) is 4. The molecule has 0 saturated carbocycles. The molecule has 0 radical (unpaired) electrons. The van der Waals surface area contributed by atoms with Gasteiger partial charge in [-0.15, -0.1) is 0 Å². The average molecular weight is 260 g/mol. The van der Waals surface area contributed by atoms with Crippen LogP contribution >= 0.6 is 11.6 Å². The van der Waals surface area contributed by atoms with Crippen LogP contribution in [0, 0.1) is 0 Å². The van der Waals surface area contributed by atoms with Gasteiger partial charge in [0.15, 0.2) is 0 Å². The summed E-state index contributed by atoms with van der Waals surface area (Å²) in [4.78, 5) is 10.6. The van der Waals surface area contributed by atoms with Gasteiger partial charge in [0.05, 0.1) is 20.6 Å². The Bertz CT molecular complexity index is 422. The van der Waals surface area contributed by atoms with Gasteiger partial charge in [0.2, 0.25) is 0 Å². The normalized spacial score (nSPS) is 12.0. The summed E-state index contributed by atoms with van der Waals surface area (Å²) in [5, 5.41) is 8.99. The van der Waals surface area contributed by atoms with Crippen LogP contribution < -0.4 is 15.2 Å². The molecule has 0 aliphatic heterocycles. The molecule has 1 atom stereocenters. The summed E-state index contributed by atoms with van der Waals surface area (Å²) < 4.78 is 10.2. The van der Waals surface area contributed by atoms with E-state index < -0.39 is 12.0 Å². The zero-order valence-corrected chi connectivity index (χ0v) is 10.3. The molecule has 0 amide bonds. The summed E-state index contributed by atoms with van der Waals surface area (Å²) in [6.07, 6.45) is -0.195. The van der Waals surface area contributed by atoms with E-state index in [1.165, 1.54) is 14.2 Å². The third-order valence-electron chi connectivity index (χ3n) is 2.31. The van der Waals surface area contributed by atoms with Crippen molar-refractivity contribution < 1.29 is 19.4 Å². The van der Waals surface area contributed by atoms with Crippen molar-refractivity contribution in [2.75, 3.05) is 14.2 Å². The van der Waals surface area contributed by atoms with Gasteiger partial charge in [0.25, 0.3) is 0 Å². The van der Waals surface area contributed by atoms with Crippen LogP contribution in [0.15, 0.2) is 12.1 Å².